The SMILES string of the molecule is COC(=O)N[C@H](C(=O)N1CCC[C@H]1C1NC=C(c2cc(F)c3c(c2)OC(c2ccc(C4CC4)s2)n2c-3cc3cc(B4OC(C)(C)C(C)(C)O4)ccc32)N1)C(C)C. The minimum atomic E-state index is -0.716. The molecular formula is C42H49BFN5O6S. The number of thiophene rings is 1. The average molecular weight is 782 g/mol. The Hall–Kier alpha value is -4.53. The van der Waals surface area contributed by atoms with Crippen LogP contribution in [0, 0.1) is 11.7 Å². The van der Waals surface area contributed by atoms with Gasteiger partial charge in [-0.2, -0.15) is 0 Å². The number of carbonyl (C=O) groups is 2. The van der Waals surface area contributed by atoms with Gasteiger partial charge in [0.15, 0.2) is 0 Å². The van der Waals surface area contributed by atoms with E-state index in [0.717, 1.165) is 39.8 Å². The summed E-state index contributed by atoms with van der Waals surface area (Å²) in [5, 5.41) is 10.6. The number of amides is 2. The Morgan fingerprint density at radius 1 is 1.02 bits per heavy atom. The molecular weight excluding hydrogens is 732 g/mol. The third-order valence-electron chi connectivity index (χ3n) is 12.4. The molecule has 4 aliphatic heterocycles. The van der Waals surface area contributed by atoms with E-state index >= 15 is 4.39 Å². The second-order valence-corrected chi connectivity index (χ2v) is 18.2. The first-order chi connectivity index (χ1) is 26.7. The van der Waals surface area contributed by atoms with Gasteiger partial charge in [0.2, 0.25) is 12.1 Å². The molecule has 6 heterocycles. The fourth-order valence-corrected chi connectivity index (χ4v) is 9.64. The highest BCUT2D eigenvalue weighted by Crippen LogP contribution is 2.50. The maximum absolute atomic E-state index is 16.7. The number of benzene rings is 2. The maximum Gasteiger partial charge on any atom is 0.494 e. The first-order valence-corrected chi connectivity index (χ1v) is 20.5. The van der Waals surface area contributed by atoms with Crippen LogP contribution in [0.2, 0.25) is 0 Å². The molecule has 3 fully saturated rings. The van der Waals surface area contributed by atoms with Crippen molar-refractivity contribution in [1.82, 2.24) is 25.4 Å². The number of hydrogen-bond donors (Lipinski definition) is 3. The first-order valence-electron chi connectivity index (χ1n) is 19.7. The number of alkyl carbamates (subject to hydrolysis) is 1. The van der Waals surface area contributed by atoms with Crippen molar-refractivity contribution in [1.29, 1.82) is 0 Å². The Bertz CT molecular complexity index is 2250. The zero-order chi connectivity index (χ0) is 39.3. The summed E-state index contributed by atoms with van der Waals surface area (Å²) in [6.45, 7) is 12.5. The van der Waals surface area contributed by atoms with E-state index in [4.69, 9.17) is 18.8 Å². The van der Waals surface area contributed by atoms with Gasteiger partial charge in [0.1, 0.15) is 23.8 Å². The van der Waals surface area contributed by atoms with Crippen molar-refractivity contribution in [2.45, 2.75) is 109 Å². The topological polar surface area (TPSA) is 115 Å². The van der Waals surface area contributed by atoms with Crippen molar-refractivity contribution in [3.8, 4) is 17.0 Å². The number of methoxy groups -OCH3 is 1. The number of rotatable bonds is 8. The molecule has 2 aromatic heterocycles. The van der Waals surface area contributed by atoms with Gasteiger partial charge in [-0.05, 0) is 107 Å². The van der Waals surface area contributed by atoms with Gasteiger partial charge in [-0.25, -0.2) is 9.18 Å². The van der Waals surface area contributed by atoms with Crippen LogP contribution in [-0.2, 0) is 18.8 Å². The fourth-order valence-electron chi connectivity index (χ4n) is 8.44. The molecule has 2 amide bonds. The summed E-state index contributed by atoms with van der Waals surface area (Å²) in [7, 11) is 0.765. The van der Waals surface area contributed by atoms with E-state index in [2.05, 4.69) is 44.8 Å². The lowest BCUT2D eigenvalue weighted by Crippen LogP contribution is -2.57. The van der Waals surface area contributed by atoms with E-state index in [1.54, 1.807) is 17.4 Å². The lowest BCUT2D eigenvalue weighted by atomic mass is 9.78. The molecule has 4 aromatic rings. The summed E-state index contributed by atoms with van der Waals surface area (Å²) in [5.74, 6) is 0.387. The molecule has 9 rings (SSSR count). The van der Waals surface area contributed by atoms with Gasteiger partial charge in [-0.15, -0.1) is 11.3 Å². The molecule has 11 nitrogen and oxygen atoms in total. The summed E-state index contributed by atoms with van der Waals surface area (Å²) in [4.78, 5) is 30.1. The molecule has 2 unspecified atom stereocenters. The van der Waals surface area contributed by atoms with Crippen molar-refractivity contribution in [2.24, 2.45) is 5.92 Å². The third-order valence-corrected chi connectivity index (χ3v) is 13.7. The van der Waals surface area contributed by atoms with Crippen molar-refractivity contribution in [3.63, 3.8) is 0 Å². The Labute approximate surface area is 331 Å². The Morgan fingerprint density at radius 3 is 2.48 bits per heavy atom. The lowest BCUT2D eigenvalue weighted by molar-refractivity contribution is -0.135. The molecule has 5 aliphatic rings. The number of aromatic nitrogens is 1. The van der Waals surface area contributed by atoms with E-state index in [0.29, 0.717) is 35.0 Å². The number of nitrogens with zero attached hydrogens (tertiary/aromatic N) is 2. The average Bonchev–Trinajstić information content (AvgIpc) is 3.62. The van der Waals surface area contributed by atoms with Crippen molar-refractivity contribution >= 4 is 52.5 Å². The van der Waals surface area contributed by atoms with E-state index in [9.17, 15) is 9.59 Å². The summed E-state index contributed by atoms with van der Waals surface area (Å²) in [5.41, 5.74) is 3.38. The first kappa shape index (κ1) is 37.1. The third kappa shape index (κ3) is 6.24. The summed E-state index contributed by atoms with van der Waals surface area (Å²) < 4.78 is 43.2. The predicted octanol–water partition coefficient (Wildman–Crippen LogP) is 6.81. The van der Waals surface area contributed by atoms with Crippen LogP contribution < -0.4 is 26.2 Å². The van der Waals surface area contributed by atoms with Crippen molar-refractivity contribution in [2.75, 3.05) is 13.7 Å². The molecule has 3 N–H and O–H groups in total. The van der Waals surface area contributed by atoms with Gasteiger partial charge in [0.25, 0.3) is 0 Å². The van der Waals surface area contributed by atoms with Crippen LogP contribution in [0.3, 0.4) is 0 Å². The highest BCUT2D eigenvalue weighted by Gasteiger charge is 2.52. The highest BCUT2D eigenvalue weighted by atomic mass is 32.1. The summed E-state index contributed by atoms with van der Waals surface area (Å²) in [6.07, 6.45) is 4.42. The van der Waals surface area contributed by atoms with Gasteiger partial charge in [-0.3, -0.25) is 9.36 Å². The zero-order valence-electron chi connectivity index (χ0n) is 32.9. The fraction of sp³-hybridized carbons (Fsp3) is 0.476. The minimum Gasteiger partial charge on any atom is -0.464 e. The van der Waals surface area contributed by atoms with Gasteiger partial charge in [-0.1, -0.05) is 26.0 Å². The van der Waals surface area contributed by atoms with Gasteiger partial charge in [0.05, 0.1) is 51.7 Å². The lowest BCUT2D eigenvalue weighted by Gasteiger charge is -2.34. The molecule has 2 saturated heterocycles. The molecule has 56 heavy (non-hydrogen) atoms. The number of hydrogen-bond acceptors (Lipinski definition) is 9. The maximum atomic E-state index is 16.7. The second kappa shape index (κ2) is 13.6. The van der Waals surface area contributed by atoms with Crippen LogP contribution in [0.5, 0.6) is 5.75 Å². The summed E-state index contributed by atoms with van der Waals surface area (Å²) in [6, 6.07) is 15.1. The van der Waals surface area contributed by atoms with Crippen LogP contribution in [0.4, 0.5) is 9.18 Å². The van der Waals surface area contributed by atoms with Gasteiger partial charge in [0, 0.05) is 28.6 Å². The standard InChI is InChI=1S/C42H49BFN5O6S/c1-22(2)36(47-40(51)52-7)38(50)48-16-8-9-30(48)37-45-21-28(46-37)24-18-27(44)35-31-19-25-17-26(43-54-41(3,4)42(5,6)55-43)12-13-29(25)49(31)39(53-32(35)20-24)34-15-14-33(56-34)23-10-11-23/h12-15,17-23,30,36-37,39,45-46H,8-11,16H2,1-7H3,(H,47,51)/t30-,36-,37?,39?/m0/s1. The van der Waals surface area contributed by atoms with Crippen LogP contribution in [0.25, 0.3) is 27.9 Å². The molecule has 2 aromatic carbocycles. The second-order valence-electron chi connectivity index (χ2n) is 17.1. The van der Waals surface area contributed by atoms with Crippen LogP contribution in [-0.4, -0.2) is 71.7 Å². The molecule has 4 atom stereocenters. The molecule has 0 bridgehead atoms. The summed E-state index contributed by atoms with van der Waals surface area (Å²) >= 11 is 1.77. The number of carbonyl (C=O) groups excluding carboxylic acids is 2. The van der Waals surface area contributed by atoms with E-state index < -0.39 is 42.5 Å². The predicted molar refractivity (Wildman–Crippen MR) is 215 cm³/mol. The molecule has 294 valence electrons. The monoisotopic (exact) mass is 781 g/mol. The quantitative estimate of drug-likeness (QED) is 0.167. The van der Waals surface area contributed by atoms with E-state index in [-0.39, 0.29) is 24.0 Å². The Morgan fingerprint density at radius 2 is 1.77 bits per heavy atom. The number of fused-ring (bicyclic) bond motifs is 5. The van der Waals surface area contributed by atoms with Crippen LogP contribution >= 0.6 is 11.3 Å². The molecule has 0 spiro atoms. The highest BCUT2D eigenvalue weighted by molar-refractivity contribution is 7.12. The smallest absolute Gasteiger partial charge is 0.464 e. The zero-order valence-corrected chi connectivity index (χ0v) is 33.7. The largest absolute Gasteiger partial charge is 0.494 e. The number of ether oxygens (including phenoxy) is 2. The Balaban J connectivity index is 1.03. The van der Waals surface area contributed by atoms with E-state index in [1.807, 2.05) is 70.8 Å². The minimum absolute atomic E-state index is 0.131. The van der Waals surface area contributed by atoms with Crippen molar-refractivity contribution in [3.05, 3.63) is 75.9 Å². The number of nitrogens with one attached hydrogen (secondary N) is 3. The molecule has 1 saturated carbocycles. The molecule has 0 radical (unpaired) electrons. The molecule has 1 aliphatic carbocycles. The normalized spacial score (nSPS) is 23.9. The number of likely N-dealkylation sites (tertiary alicyclic amines) is 1. The Kier molecular flexibility index (Phi) is 8.97. The van der Waals surface area contributed by atoms with Crippen LogP contribution in [0.1, 0.15) is 94.7 Å². The number of halogens is 1. The molecule has 14 heteroatoms. The van der Waals surface area contributed by atoms with Crippen molar-refractivity contribution < 1.29 is 32.8 Å². The van der Waals surface area contributed by atoms with Gasteiger partial charge < -0.3 is 39.6 Å². The van der Waals surface area contributed by atoms with E-state index in [1.165, 1.54) is 24.8 Å². The van der Waals surface area contributed by atoms with Gasteiger partial charge >= 0.3 is 13.2 Å². The van der Waals surface area contributed by atoms with Crippen LogP contribution in [0.15, 0.2) is 54.7 Å².